The van der Waals surface area contributed by atoms with Crippen LogP contribution in [-0.2, 0) is 11.3 Å². The van der Waals surface area contributed by atoms with E-state index in [1.54, 1.807) is 11.6 Å². The maximum absolute atomic E-state index is 11.3. The van der Waals surface area contributed by atoms with Crippen molar-refractivity contribution in [2.24, 2.45) is 0 Å². The Bertz CT molecular complexity index is 504. The summed E-state index contributed by atoms with van der Waals surface area (Å²) in [5.41, 5.74) is 1.26. The zero-order valence-corrected chi connectivity index (χ0v) is 9.82. The number of rotatable bonds is 3. The number of carbonyl (C=O) groups excluding carboxylic acids is 1. The van der Waals surface area contributed by atoms with Crippen LogP contribution in [0.3, 0.4) is 0 Å². The highest BCUT2D eigenvalue weighted by molar-refractivity contribution is 7.13. The number of hydrogen-bond acceptors (Lipinski definition) is 5. The number of thiazole rings is 1. The van der Waals surface area contributed by atoms with Crippen molar-refractivity contribution >= 4 is 17.3 Å². The fraction of sp³-hybridized carbons (Fsp3) is 0.300. The van der Waals surface area contributed by atoms with Gasteiger partial charge in [-0.2, -0.15) is 5.10 Å². The van der Waals surface area contributed by atoms with E-state index in [9.17, 15) is 4.79 Å². The number of carbonyl (C=O) groups is 1. The first-order chi connectivity index (χ1) is 7.76. The monoisotopic (exact) mass is 237 g/mol. The van der Waals surface area contributed by atoms with E-state index in [1.807, 2.05) is 17.7 Å². The van der Waals surface area contributed by atoms with Gasteiger partial charge < -0.3 is 4.74 Å². The van der Waals surface area contributed by atoms with E-state index in [4.69, 9.17) is 0 Å². The zero-order chi connectivity index (χ0) is 11.5. The summed E-state index contributed by atoms with van der Waals surface area (Å²) in [6.45, 7) is 2.78. The van der Waals surface area contributed by atoms with Crippen molar-refractivity contribution in [3.05, 3.63) is 23.3 Å². The largest absolute Gasteiger partial charge is 0.464 e. The minimum absolute atomic E-state index is 0.339. The van der Waals surface area contributed by atoms with Gasteiger partial charge in [0.2, 0.25) is 0 Å². The molecule has 0 aliphatic carbocycles. The summed E-state index contributed by atoms with van der Waals surface area (Å²) in [5, 5.41) is 6.62. The highest BCUT2D eigenvalue weighted by atomic mass is 32.1. The molecule has 2 aromatic rings. The molecule has 2 heterocycles. The second-order valence-corrected chi connectivity index (χ2v) is 3.92. The van der Waals surface area contributed by atoms with Crippen molar-refractivity contribution in [1.29, 1.82) is 0 Å². The lowest BCUT2D eigenvalue weighted by molar-refractivity contribution is 0.0595. The SMILES string of the molecule is CCn1nccc1-c1nc(C(=O)OC)cs1. The van der Waals surface area contributed by atoms with Crippen molar-refractivity contribution < 1.29 is 9.53 Å². The van der Waals surface area contributed by atoms with Crippen LogP contribution in [0.25, 0.3) is 10.7 Å². The Morgan fingerprint density at radius 2 is 2.44 bits per heavy atom. The molecule has 0 unspecified atom stereocenters. The Morgan fingerprint density at radius 1 is 1.62 bits per heavy atom. The number of aromatic nitrogens is 3. The summed E-state index contributed by atoms with van der Waals surface area (Å²) >= 11 is 1.41. The van der Waals surface area contributed by atoms with Crippen molar-refractivity contribution in [2.75, 3.05) is 7.11 Å². The molecule has 0 amide bonds. The predicted octanol–water partition coefficient (Wildman–Crippen LogP) is 1.81. The number of ether oxygens (including phenoxy) is 1. The van der Waals surface area contributed by atoms with Gasteiger partial charge in [-0.15, -0.1) is 11.3 Å². The Hall–Kier alpha value is -1.69. The zero-order valence-electron chi connectivity index (χ0n) is 9.01. The molecule has 0 radical (unpaired) electrons. The maximum Gasteiger partial charge on any atom is 0.357 e. The smallest absolute Gasteiger partial charge is 0.357 e. The summed E-state index contributed by atoms with van der Waals surface area (Å²) in [6, 6.07) is 1.88. The molecule has 0 aliphatic rings. The molecule has 5 nitrogen and oxygen atoms in total. The Labute approximate surface area is 96.7 Å². The third kappa shape index (κ3) is 1.83. The minimum atomic E-state index is -0.412. The first-order valence-electron chi connectivity index (χ1n) is 4.82. The number of methoxy groups -OCH3 is 1. The summed E-state index contributed by atoms with van der Waals surface area (Å²) < 4.78 is 6.44. The van der Waals surface area contributed by atoms with Crippen molar-refractivity contribution in [2.45, 2.75) is 13.5 Å². The molecule has 0 atom stereocenters. The fourth-order valence-electron chi connectivity index (χ4n) is 1.36. The highest BCUT2D eigenvalue weighted by Gasteiger charge is 2.13. The standard InChI is InChI=1S/C10H11N3O2S/c1-3-13-8(4-5-11-13)9-12-7(6-16-9)10(14)15-2/h4-6H,3H2,1-2H3. The first-order valence-corrected chi connectivity index (χ1v) is 5.70. The molecule has 84 valence electrons. The average molecular weight is 237 g/mol. The van der Waals surface area contributed by atoms with Gasteiger partial charge in [-0.05, 0) is 13.0 Å². The Kier molecular flexibility index (Phi) is 3.00. The van der Waals surface area contributed by atoms with E-state index in [1.165, 1.54) is 18.4 Å². The highest BCUT2D eigenvalue weighted by Crippen LogP contribution is 2.23. The van der Waals surface area contributed by atoms with Crippen LogP contribution in [0.15, 0.2) is 17.6 Å². The third-order valence-electron chi connectivity index (χ3n) is 2.13. The van der Waals surface area contributed by atoms with Gasteiger partial charge in [-0.3, -0.25) is 4.68 Å². The molecule has 0 saturated heterocycles. The van der Waals surface area contributed by atoms with E-state index in [-0.39, 0.29) is 0 Å². The van der Waals surface area contributed by atoms with Crippen LogP contribution < -0.4 is 0 Å². The van der Waals surface area contributed by atoms with E-state index in [0.29, 0.717) is 5.69 Å². The lowest BCUT2D eigenvalue weighted by atomic mass is 10.4. The number of esters is 1. The van der Waals surface area contributed by atoms with Crippen molar-refractivity contribution in [1.82, 2.24) is 14.8 Å². The molecule has 16 heavy (non-hydrogen) atoms. The third-order valence-corrected chi connectivity index (χ3v) is 3.00. The lowest BCUT2D eigenvalue weighted by Gasteiger charge is -1.99. The normalized spacial score (nSPS) is 10.4. The van der Waals surface area contributed by atoms with Gasteiger partial charge in [0.1, 0.15) is 5.01 Å². The summed E-state index contributed by atoms with van der Waals surface area (Å²) in [4.78, 5) is 15.5. The van der Waals surface area contributed by atoms with E-state index in [2.05, 4.69) is 14.8 Å². The van der Waals surface area contributed by atoms with E-state index < -0.39 is 5.97 Å². The number of nitrogens with zero attached hydrogens (tertiary/aromatic N) is 3. The van der Waals surface area contributed by atoms with Gasteiger partial charge in [0.15, 0.2) is 5.69 Å². The van der Waals surface area contributed by atoms with Crippen LogP contribution in [0.5, 0.6) is 0 Å². The van der Waals surface area contributed by atoms with Gasteiger partial charge in [-0.1, -0.05) is 0 Å². The summed E-state index contributed by atoms with van der Waals surface area (Å²) in [6.07, 6.45) is 1.72. The Balaban J connectivity index is 2.35. The molecule has 2 rings (SSSR count). The average Bonchev–Trinajstić information content (AvgIpc) is 2.95. The molecule has 2 aromatic heterocycles. The first kappa shape index (κ1) is 10.8. The molecule has 0 aromatic carbocycles. The van der Waals surface area contributed by atoms with Crippen LogP contribution in [0.1, 0.15) is 17.4 Å². The maximum atomic E-state index is 11.3. The van der Waals surface area contributed by atoms with Crippen LogP contribution in [0.2, 0.25) is 0 Å². The van der Waals surface area contributed by atoms with Crippen LogP contribution in [0.4, 0.5) is 0 Å². The molecule has 0 fully saturated rings. The summed E-state index contributed by atoms with van der Waals surface area (Å²) in [5.74, 6) is -0.412. The van der Waals surface area contributed by atoms with Gasteiger partial charge >= 0.3 is 5.97 Å². The molecular weight excluding hydrogens is 226 g/mol. The Morgan fingerprint density at radius 3 is 3.12 bits per heavy atom. The second kappa shape index (κ2) is 4.44. The van der Waals surface area contributed by atoms with E-state index in [0.717, 1.165) is 17.2 Å². The molecule has 0 spiro atoms. The second-order valence-electron chi connectivity index (χ2n) is 3.06. The van der Waals surface area contributed by atoms with Gasteiger partial charge in [-0.25, -0.2) is 9.78 Å². The molecule has 6 heteroatoms. The minimum Gasteiger partial charge on any atom is -0.464 e. The van der Waals surface area contributed by atoms with Crippen molar-refractivity contribution in [3.63, 3.8) is 0 Å². The van der Waals surface area contributed by atoms with Crippen molar-refractivity contribution in [3.8, 4) is 10.7 Å². The topological polar surface area (TPSA) is 57.0 Å². The van der Waals surface area contributed by atoms with Crippen LogP contribution in [-0.4, -0.2) is 27.8 Å². The lowest BCUT2D eigenvalue weighted by Crippen LogP contribution is -2.02. The molecule has 0 saturated carbocycles. The van der Waals surface area contributed by atoms with Gasteiger partial charge in [0.05, 0.1) is 12.8 Å². The molecule has 0 aliphatic heterocycles. The van der Waals surface area contributed by atoms with E-state index >= 15 is 0 Å². The predicted molar refractivity (Wildman–Crippen MR) is 60.3 cm³/mol. The molecule has 0 bridgehead atoms. The fourth-order valence-corrected chi connectivity index (χ4v) is 2.17. The molecular formula is C10H11N3O2S. The number of hydrogen-bond donors (Lipinski definition) is 0. The molecule has 0 N–H and O–H groups in total. The van der Waals surface area contributed by atoms with Crippen LogP contribution >= 0.6 is 11.3 Å². The summed E-state index contributed by atoms with van der Waals surface area (Å²) in [7, 11) is 1.34. The van der Waals surface area contributed by atoms with Crippen LogP contribution in [0, 0.1) is 0 Å². The number of aryl methyl sites for hydroxylation is 1. The van der Waals surface area contributed by atoms with Gasteiger partial charge in [0, 0.05) is 18.1 Å². The van der Waals surface area contributed by atoms with Gasteiger partial charge in [0.25, 0.3) is 0 Å². The quantitative estimate of drug-likeness (QED) is 0.764.